The van der Waals surface area contributed by atoms with Crippen LogP contribution in [-0.4, -0.2) is 32.6 Å². The predicted octanol–water partition coefficient (Wildman–Crippen LogP) is 5.38. The van der Waals surface area contributed by atoms with Crippen molar-refractivity contribution in [1.29, 1.82) is 0 Å². The number of aliphatic hydroxyl groups is 1. The van der Waals surface area contributed by atoms with Crippen LogP contribution < -0.4 is 9.33 Å². The van der Waals surface area contributed by atoms with E-state index in [1.54, 1.807) is 12.2 Å². The largest absolute Gasteiger partial charge is 0.543 e. The van der Waals surface area contributed by atoms with Crippen molar-refractivity contribution in [2.75, 3.05) is 11.9 Å². The summed E-state index contributed by atoms with van der Waals surface area (Å²) in [5, 5.41) is 11.0. The van der Waals surface area contributed by atoms with E-state index in [-0.39, 0.29) is 11.1 Å². The molecule has 0 amide bonds. The molecule has 1 heterocycles. The molecule has 1 unspecified atom stereocenters. The Kier molecular flexibility index (Phi) is 6.23. The van der Waals surface area contributed by atoms with Gasteiger partial charge in [-0.2, -0.15) is 0 Å². The quantitative estimate of drug-likeness (QED) is 0.516. The van der Waals surface area contributed by atoms with Crippen LogP contribution in [0.3, 0.4) is 0 Å². The van der Waals surface area contributed by atoms with Crippen molar-refractivity contribution < 1.29 is 9.53 Å². The van der Waals surface area contributed by atoms with Crippen LogP contribution in [0.5, 0.6) is 5.75 Å². The number of fused-ring (bicyclic) bond motifs is 2. The van der Waals surface area contributed by atoms with Gasteiger partial charge in [0.05, 0.1) is 6.10 Å². The lowest BCUT2D eigenvalue weighted by Gasteiger charge is -2.41. The summed E-state index contributed by atoms with van der Waals surface area (Å²) in [5.74, 6) is 9.77. The summed E-state index contributed by atoms with van der Waals surface area (Å²) in [6, 6.07) is 6.23. The van der Waals surface area contributed by atoms with Gasteiger partial charge in [-0.15, -0.1) is 6.42 Å². The van der Waals surface area contributed by atoms with E-state index < -0.39 is 14.4 Å². The highest BCUT2D eigenvalue weighted by molar-refractivity contribution is 6.74. The highest BCUT2D eigenvalue weighted by Gasteiger charge is 2.40. The Morgan fingerprint density at radius 1 is 1.27 bits per heavy atom. The van der Waals surface area contributed by atoms with Gasteiger partial charge in [-0.25, -0.2) is 0 Å². The van der Waals surface area contributed by atoms with Crippen LogP contribution in [-0.2, 0) is 0 Å². The molecular weight excluding hydrogens is 386 g/mol. The first-order valence-corrected chi connectivity index (χ1v) is 13.6. The van der Waals surface area contributed by atoms with Crippen molar-refractivity contribution >= 4 is 19.6 Å². The normalized spacial score (nSPS) is 21.5. The standard InChI is InChI=1S/C26H33NO2Si/c1-8-9-10-11-14-22-20-13-12-15-24(28)25(20)21-18-19(16-17-23(21)27(22)5)29-30(6,7)26(2,3)4/h1,9-10,16-18,22,24,28H,12-13,15H2,2-7H3/b10-9-/t22-,24?/m0/s1. The highest BCUT2D eigenvalue weighted by Crippen LogP contribution is 2.46. The Labute approximate surface area is 183 Å². The van der Waals surface area contributed by atoms with E-state index in [1.165, 1.54) is 5.57 Å². The van der Waals surface area contributed by atoms with E-state index in [1.807, 2.05) is 0 Å². The SMILES string of the molecule is C#C/C=C\C#C[C@H]1C2=C(c3cc(O[Si](C)(C)C(C)(C)C)ccc3N1C)C(O)CCC2. The molecule has 1 aromatic rings. The lowest BCUT2D eigenvalue weighted by molar-refractivity contribution is 0.211. The van der Waals surface area contributed by atoms with Gasteiger partial charge in [-0.3, -0.25) is 0 Å². The molecule has 2 aliphatic rings. The van der Waals surface area contributed by atoms with Crippen molar-refractivity contribution in [1.82, 2.24) is 0 Å². The summed E-state index contributed by atoms with van der Waals surface area (Å²) in [6.45, 7) is 11.3. The number of hydrogen-bond donors (Lipinski definition) is 1. The van der Waals surface area contributed by atoms with Gasteiger partial charge in [0.1, 0.15) is 11.8 Å². The number of terminal acetylenes is 1. The maximum absolute atomic E-state index is 10.9. The molecule has 0 saturated heterocycles. The second-order valence-electron chi connectivity index (χ2n) is 9.69. The molecule has 0 radical (unpaired) electrons. The number of benzene rings is 1. The van der Waals surface area contributed by atoms with Crippen LogP contribution >= 0.6 is 0 Å². The van der Waals surface area contributed by atoms with Gasteiger partial charge in [0.2, 0.25) is 8.32 Å². The Balaban J connectivity index is 2.07. The van der Waals surface area contributed by atoms with Gasteiger partial charge < -0.3 is 14.4 Å². The van der Waals surface area contributed by atoms with Gasteiger partial charge in [-0.05, 0) is 78.9 Å². The highest BCUT2D eigenvalue weighted by atomic mass is 28.4. The Morgan fingerprint density at radius 3 is 2.67 bits per heavy atom. The summed E-state index contributed by atoms with van der Waals surface area (Å²) >= 11 is 0. The van der Waals surface area contributed by atoms with Crippen LogP contribution in [0, 0.1) is 24.2 Å². The minimum atomic E-state index is -1.95. The molecular formula is C26H33NO2Si. The van der Waals surface area contributed by atoms with Crippen molar-refractivity contribution in [2.45, 2.75) is 70.3 Å². The number of likely N-dealkylation sites (N-methyl/N-ethyl adjacent to an activating group) is 1. The fraction of sp³-hybridized carbons (Fsp3) is 0.462. The molecule has 0 fully saturated rings. The molecule has 1 aliphatic heterocycles. The summed E-state index contributed by atoms with van der Waals surface area (Å²) in [5.41, 5.74) is 4.41. The van der Waals surface area contributed by atoms with E-state index in [4.69, 9.17) is 10.8 Å². The number of nitrogens with zero attached hydrogens (tertiary/aromatic N) is 1. The van der Waals surface area contributed by atoms with E-state index in [9.17, 15) is 5.11 Å². The Hall–Kier alpha value is -2.40. The van der Waals surface area contributed by atoms with Gasteiger partial charge in [0, 0.05) is 18.3 Å². The van der Waals surface area contributed by atoms with Crippen LogP contribution in [0.4, 0.5) is 5.69 Å². The van der Waals surface area contributed by atoms with Crippen molar-refractivity contribution in [3.8, 4) is 29.9 Å². The molecule has 3 nitrogen and oxygen atoms in total. The summed E-state index contributed by atoms with van der Waals surface area (Å²) in [4.78, 5) is 2.21. The Bertz CT molecular complexity index is 979. The minimum absolute atomic E-state index is 0.0583. The maximum Gasteiger partial charge on any atom is 0.250 e. The topological polar surface area (TPSA) is 32.7 Å². The third-order valence-electron chi connectivity index (χ3n) is 6.62. The predicted molar refractivity (Wildman–Crippen MR) is 129 cm³/mol. The molecule has 0 saturated carbocycles. The second-order valence-corrected chi connectivity index (χ2v) is 14.4. The lowest BCUT2D eigenvalue weighted by atomic mass is 9.78. The molecule has 0 spiro atoms. The first-order chi connectivity index (χ1) is 14.1. The first-order valence-electron chi connectivity index (χ1n) is 10.7. The van der Waals surface area contributed by atoms with Crippen molar-refractivity contribution in [2.24, 2.45) is 0 Å². The van der Waals surface area contributed by atoms with Crippen LogP contribution in [0.2, 0.25) is 18.1 Å². The minimum Gasteiger partial charge on any atom is -0.543 e. The van der Waals surface area contributed by atoms with Crippen molar-refractivity contribution in [3.63, 3.8) is 0 Å². The van der Waals surface area contributed by atoms with Gasteiger partial charge >= 0.3 is 0 Å². The third-order valence-corrected chi connectivity index (χ3v) is 11.0. The molecule has 30 heavy (non-hydrogen) atoms. The molecule has 1 aliphatic carbocycles. The summed E-state index contributed by atoms with van der Waals surface area (Å²) in [6.07, 6.45) is 10.8. The molecule has 4 heteroatoms. The molecule has 1 N–H and O–H groups in total. The third kappa shape index (κ3) is 4.22. The zero-order valence-electron chi connectivity index (χ0n) is 19.0. The van der Waals surface area contributed by atoms with E-state index in [0.29, 0.717) is 0 Å². The van der Waals surface area contributed by atoms with Crippen LogP contribution in [0.1, 0.15) is 45.6 Å². The summed E-state index contributed by atoms with van der Waals surface area (Å²) < 4.78 is 6.56. The number of rotatable bonds is 2. The zero-order chi connectivity index (χ0) is 22.1. The van der Waals surface area contributed by atoms with Crippen molar-refractivity contribution in [3.05, 3.63) is 41.5 Å². The first kappa shape index (κ1) is 22.3. The van der Waals surface area contributed by atoms with E-state index in [2.05, 4.69) is 81.8 Å². The number of hydrogen-bond acceptors (Lipinski definition) is 3. The average molecular weight is 420 g/mol. The average Bonchev–Trinajstić information content (AvgIpc) is 2.66. The van der Waals surface area contributed by atoms with Gasteiger partial charge in [0.25, 0.3) is 0 Å². The Morgan fingerprint density at radius 2 is 2.00 bits per heavy atom. The smallest absolute Gasteiger partial charge is 0.250 e. The maximum atomic E-state index is 10.9. The molecule has 158 valence electrons. The van der Waals surface area contributed by atoms with E-state index >= 15 is 0 Å². The number of anilines is 1. The molecule has 2 atom stereocenters. The molecule has 3 rings (SSSR count). The van der Waals surface area contributed by atoms with E-state index in [0.717, 1.165) is 41.8 Å². The molecule has 0 aromatic heterocycles. The monoisotopic (exact) mass is 419 g/mol. The molecule has 1 aromatic carbocycles. The lowest BCUT2D eigenvalue weighted by Crippen LogP contribution is -2.44. The van der Waals surface area contributed by atoms with Gasteiger partial charge in [0.15, 0.2) is 0 Å². The molecule has 0 bridgehead atoms. The number of aliphatic hydroxyl groups excluding tert-OH is 1. The summed E-state index contributed by atoms with van der Waals surface area (Å²) in [7, 11) is 0.126. The van der Waals surface area contributed by atoms with Crippen LogP contribution in [0.15, 0.2) is 35.9 Å². The van der Waals surface area contributed by atoms with Crippen LogP contribution in [0.25, 0.3) is 5.57 Å². The second kappa shape index (κ2) is 8.38. The number of allylic oxidation sites excluding steroid dienone is 2. The van der Waals surface area contributed by atoms with Gasteiger partial charge in [-0.1, -0.05) is 38.5 Å². The fourth-order valence-electron chi connectivity index (χ4n) is 3.94. The zero-order valence-corrected chi connectivity index (χ0v) is 20.0. The fourth-order valence-corrected chi connectivity index (χ4v) is 4.96.